The third-order valence-electron chi connectivity index (χ3n) is 3.55. The minimum Gasteiger partial charge on any atom is -0.435 e. The number of benzene rings is 1. The summed E-state index contributed by atoms with van der Waals surface area (Å²) in [4.78, 5) is 16.6. The number of nitrogens with zero attached hydrogens (tertiary/aromatic N) is 1. The summed E-state index contributed by atoms with van der Waals surface area (Å²) in [6.45, 7) is -2.99. The number of hydrogen-bond acceptors (Lipinski definition) is 4. The van der Waals surface area contributed by atoms with E-state index in [4.69, 9.17) is 4.84 Å². The van der Waals surface area contributed by atoms with Crippen molar-refractivity contribution in [1.29, 1.82) is 0 Å². The summed E-state index contributed by atoms with van der Waals surface area (Å²) in [6.07, 6.45) is 6.96. The van der Waals surface area contributed by atoms with Crippen molar-refractivity contribution in [3.05, 3.63) is 29.8 Å². The quantitative estimate of drug-likeness (QED) is 0.619. The molecule has 1 saturated carbocycles. The van der Waals surface area contributed by atoms with E-state index in [1.54, 1.807) is 12.1 Å². The fourth-order valence-corrected chi connectivity index (χ4v) is 2.45. The van der Waals surface area contributed by atoms with E-state index in [9.17, 15) is 13.6 Å². The van der Waals surface area contributed by atoms with Crippen molar-refractivity contribution >= 4 is 12.1 Å². The van der Waals surface area contributed by atoms with Gasteiger partial charge in [-0.25, -0.2) is 0 Å². The predicted molar refractivity (Wildman–Crippen MR) is 81.6 cm³/mol. The molecule has 1 aliphatic rings. The van der Waals surface area contributed by atoms with Gasteiger partial charge >= 0.3 is 6.61 Å². The maximum absolute atomic E-state index is 12.0. The molecule has 1 N–H and O–H groups in total. The zero-order chi connectivity index (χ0) is 16.5. The van der Waals surface area contributed by atoms with Crippen molar-refractivity contribution in [2.24, 2.45) is 5.16 Å². The minimum absolute atomic E-state index is 0.0740. The number of halogens is 2. The van der Waals surface area contributed by atoms with E-state index < -0.39 is 6.61 Å². The van der Waals surface area contributed by atoms with Crippen LogP contribution in [0.5, 0.6) is 5.75 Å². The molecule has 0 aromatic heterocycles. The summed E-state index contributed by atoms with van der Waals surface area (Å²) in [5, 5.41) is 6.61. The molecule has 0 aliphatic heterocycles. The van der Waals surface area contributed by atoms with Crippen molar-refractivity contribution in [2.75, 3.05) is 6.61 Å². The Balaban J connectivity index is 1.68. The summed E-state index contributed by atoms with van der Waals surface area (Å²) in [7, 11) is 0. The molecule has 1 aromatic rings. The fourth-order valence-electron chi connectivity index (χ4n) is 2.45. The van der Waals surface area contributed by atoms with Crippen LogP contribution in [0.25, 0.3) is 0 Å². The second-order valence-electron chi connectivity index (χ2n) is 5.36. The molecular formula is C16H20F2N2O3. The Morgan fingerprint density at radius 3 is 2.61 bits per heavy atom. The van der Waals surface area contributed by atoms with Gasteiger partial charge in [0.15, 0.2) is 6.61 Å². The third-order valence-corrected chi connectivity index (χ3v) is 3.55. The van der Waals surface area contributed by atoms with E-state index in [0.29, 0.717) is 5.56 Å². The highest BCUT2D eigenvalue weighted by Crippen LogP contribution is 2.17. The maximum atomic E-state index is 12.0. The first-order valence-corrected chi connectivity index (χ1v) is 7.63. The molecule has 0 unspecified atom stereocenters. The topological polar surface area (TPSA) is 59.9 Å². The predicted octanol–water partition coefficient (Wildman–Crippen LogP) is 3.09. The summed E-state index contributed by atoms with van der Waals surface area (Å²) < 4.78 is 28.2. The van der Waals surface area contributed by atoms with Crippen molar-refractivity contribution in [3.63, 3.8) is 0 Å². The summed E-state index contributed by atoms with van der Waals surface area (Å²) in [6, 6.07) is 6.18. The molecule has 0 radical (unpaired) electrons. The minimum atomic E-state index is -2.85. The van der Waals surface area contributed by atoms with Crippen molar-refractivity contribution in [1.82, 2.24) is 5.32 Å². The molecule has 23 heavy (non-hydrogen) atoms. The van der Waals surface area contributed by atoms with Crippen LogP contribution >= 0.6 is 0 Å². The van der Waals surface area contributed by atoms with Crippen molar-refractivity contribution in [3.8, 4) is 5.75 Å². The molecule has 0 bridgehead atoms. The van der Waals surface area contributed by atoms with Gasteiger partial charge in [-0.05, 0) is 42.7 Å². The number of carbonyl (C=O) groups excluding carboxylic acids is 1. The number of ether oxygens (including phenoxy) is 1. The Bertz CT molecular complexity index is 515. The SMILES string of the molecule is O=C(CON=Cc1ccc(OC(F)F)cc1)NC1CCCCC1. The second-order valence-corrected chi connectivity index (χ2v) is 5.36. The van der Waals surface area contributed by atoms with Crippen molar-refractivity contribution in [2.45, 2.75) is 44.8 Å². The number of nitrogens with one attached hydrogen (secondary N) is 1. The molecule has 2 rings (SSSR count). The van der Waals surface area contributed by atoms with Gasteiger partial charge in [-0.1, -0.05) is 24.4 Å². The first-order chi connectivity index (χ1) is 11.1. The van der Waals surface area contributed by atoms with Gasteiger partial charge in [0.25, 0.3) is 5.91 Å². The number of rotatable bonds is 7. The molecule has 0 saturated heterocycles. The molecule has 0 atom stereocenters. The maximum Gasteiger partial charge on any atom is 0.387 e. The Labute approximate surface area is 133 Å². The van der Waals surface area contributed by atoms with Crippen molar-refractivity contribution < 1.29 is 23.1 Å². The molecule has 0 heterocycles. The number of oxime groups is 1. The van der Waals surface area contributed by atoms with Gasteiger partial charge < -0.3 is 14.9 Å². The normalized spacial score (nSPS) is 15.8. The smallest absolute Gasteiger partial charge is 0.387 e. The fraction of sp³-hybridized carbons (Fsp3) is 0.500. The lowest BCUT2D eigenvalue weighted by atomic mass is 9.95. The third kappa shape index (κ3) is 6.63. The van der Waals surface area contributed by atoms with Gasteiger partial charge in [-0.2, -0.15) is 8.78 Å². The molecule has 1 aliphatic carbocycles. The largest absolute Gasteiger partial charge is 0.435 e. The molecule has 1 fully saturated rings. The molecule has 0 spiro atoms. The highest BCUT2D eigenvalue weighted by atomic mass is 19.3. The van der Waals surface area contributed by atoms with Crippen LogP contribution in [0.4, 0.5) is 8.78 Å². The van der Waals surface area contributed by atoms with E-state index in [1.807, 2.05) is 0 Å². The summed E-state index contributed by atoms with van der Waals surface area (Å²) in [5.74, 6) is -0.111. The monoisotopic (exact) mass is 326 g/mol. The van der Waals surface area contributed by atoms with E-state index in [-0.39, 0.29) is 24.3 Å². The highest BCUT2D eigenvalue weighted by molar-refractivity contribution is 5.80. The molecule has 7 heteroatoms. The van der Waals surface area contributed by atoms with E-state index in [2.05, 4.69) is 15.2 Å². The van der Waals surface area contributed by atoms with Crippen LogP contribution in [-0.2, 0) is 9.63 Å². The number of alkyl halides is 2. The van der Waals surface area contributed by atoms with Crippen LogP contribution in [0.3, 0.4) is 0 Å². The number of hydrogen-bond donors (Lipinski definition) is 1. The molecular weight excluding hydrogens is 306 g/mol. The average Bonchev–Trinajstić information content (AvgIpc) is 2.53. The van der Waals surface area contributed by atoms with Gasteiger partial charge in [-0.15, -0.1) is 0 Å². The van der Waals surface area contributed by atoms with Crippen LogP contribution in [0, 0.1) is 0 Å². The zero-order valence-corrected chi connectivity index (χ0v) is 12.7. The van der Waals surface area contributed by atoms with Crippen LogP contribution < -0.4 is 10.1 Å². The lowest BCUT2D eigenvalue weighted by Gasteiger charge is -2.22. The molecule has 1 aromatic carbocycles. The Morgan fingerprint density at radius 1 is 1.26 bits per heavy atom. The molecule has 1 amide bonds. The first kappa shape index (κ1) is 17.2. The van der Waals surface area contributed by atoms with E-state index in [1.165, 1.54) is 24.8 Å². The van der Waals surface area contributed by atoms with Crippen LogP contribution in [-0.4, -0.2) is 31.4 Å². The lowest BCUT2D eigenvalue weighted by molar-refractivity contribution is -0.126. The Hall–Kier alpha value is -2.18. The van der Waals surface area contributed by atoms with Crippen LogP contribution in [0.15, 0.2) is 29.4 Å². The average molecular weight is 326 g/mol. The molecule has 5 nitrogen and oxygen atoms in total. The highest BCUT2D eigenvalue weighted by Gasteiger charge is 2.15. The second kappa shape index (κ2) is 9.07. The summed E-state index contributed by atoms with van der Waals surface area (Å²) in [5.41, 5.74) is 0.652. The number of carbonyl (C=O) groups is 1. The van der Waals surface area contributed by atoms with Gasteiger partial charge in [0.2, 0.25) is 0 Å². The van der Waals surface area contributed by atoms with Gasteiger partial charge in [0, 0.05) is 6.04 Å². The van der Waals surface area contributed by atoms with Gasteiger partial charge in [-0.3, -0.25) is 4.79 Å². The molecule has 126 valence electrons. The first-order valence-electron chi connectivity index (χ1n) is 7.63. The standard InChI is InChI=1S/C16H20F2N2O3/c17-16(18)23-14-8-6-12(7-9-14)10-19-22-11-15(21)20-13-4-2-1-3-5-13/h6-10,13,16H,1-5,11H2,(H,20,21). The van der Waals surface area contributed by atoms with E-state index in [0.717, 1.165) is 25.7 Å². The summed E-state index contributed by atoms with van der Waals surface area (Å²) >= 11 is 0. The number of amides is 1. The Morgan fingerprint density at radius 2 is 1.96 bits per heavy atom. The van der Waals surface area contributed by atoms with E-state index >= 15 is 0 Å². The van der Waals surface area contributed by atoms with Crippen LogP contribution in [0.1, 0.15) is 37.7 Å². The van der Waals surface area contributed by atoms with Gasteiger partial charge in [0.05, 0.1) is 6.21 Å². The Kier molecular flexibility index (Phi) is 6.77. The zero-order valence-electron chi connectivity index (χ0n) is 12.7. The lowest BCUT2D eigenvalue weighted by Crippen LogP contribution is -2.38. The van der Waals surface area contributed by atoms with Gasteiger partial charge in [0.1, 0.15) is 5.75 Å². The van der Waals surface area contributed by atoms with Crippen LogP contribution in [0.2, 0.25) is 0 Å².